The zero-order valence-corrected chi connectivity index (χ0v) is 13.9. The number of nitrogens with zero attached hydrogens (tertiary/aromatic N) is 1. The van der Waals surface area contributed by atoms with E-state index in [9.17, 15) is 19.2 Å². The van der Waals surface area contributed by atoms with Gasteiger partial charge in [-0.25, -0.2) is 4.79 Å². The molecule has 3 atom stereocenters. The van der Waals surface area contributed by atoms with Gasteiger partial charge in [0.25, 0.3) is 0 Å². The van der Waals surface area contributed by atoms with Crippen molar-refractivity contribution in [2.45, 2.75) is 57.7 Å². The molecule has 136 valence electrons. The lowest BCUT2D eigenvalue weighted by Crippen LogP contribution is -2.54. The first-order valence-corrected chi connectivity index (χ1v) is 7.94. The van der Waals surface area contributed by atoms with Crippen LogP contribution in [0, 0.1) is 5.92 Å². The lowest BCUT2D eigenvalue weighted by molar-refractivity contribution is -0.148. The Kier molecular flexibility index (Phi) is 7.15. The van der Waals surface area contributed by atoms with Crippen LogP contribution >= 0.6 is 0 Å². The van der Waals surface area contributed by atoms with Crippen LogP contribution in [0.4, 0.5) is 0 Å². The minimum absolute atomic E-state index is 0.228. The van der Waals surface area contributed by atoms with E-state index >= 15 is 0 Å². The van der Waals surface area contributed by atoms with Crippen molar-refractivity contribution in [3.63, 3.8) is 0 Å². The van der Waals surface area contributed by atoms with Crippen LogP contribution in [0.25, 0.3) is 0 Å². The van der Waals surface area contributed by atoms with E-state index in [1.165, 1.54) is 4.90 Å². The first kappa shape index (κ1) is 19.9. The fourth-order valence-electron chi connectivity index (χ4n) is 2.77. The monoisotopic (exact) mass is 343 g/mol. The second-order valence-electron chi connectivity index (χ2n) is 6.42. The van der Waals surface area contributed by atoms with E-state index in [2.05, 4.69) is 5.32 Å². The normalized spacial score (nSPS) is 19.8. The summed E-state index contributed by atoms with van der Waals surface area (Å²) in [7, 11) is 0. The summed E-state index contributed by atoms with van der Waals surface area (Å²) in [5.74, 6) is -3.54. The third-order valence-corrected chi connectivity index (χ3v) is 3.87. The number of carbonyl (C=O) groups excluding carboxylic acids is 2. The van der Waals surface area contributed by atoms with Crippen molar-refractivity contribution < 1.29 is 29.4 Å². The fraction of sp³-hybridized carbons (Fsp3) is 0.733. The van der Waals surface area contributed by atoms with Gasteiger partial charge in [0.2, 0.25) is 11.8 Å². The van der Waals surface area contributed by atoms with Gasteiger partial charge in [0.1, 0.15) is 12.1 Å². The number of nitrogens with one attached hydrogen (secondary N) is 1. The average molecular weight is 343 g/mol. The molecule has 24 heavy (non-hydrogen) atoms. The second kappa shape index (κ2) is 8.62. The molecule has 0 bridgehead atoms. The molecule has 0 spiro atoms. The minimum atomic E-state index is -1.53. The largest absolute Gasteiger partial charge is 0.481 e. The molecule has 3 unspecified atom stereocenters. The van der Waals surface area contributed by atoms with Gasteiger partial charge in [-0.05, 0) is 25.2 Å². The Hall–Kier alpha value is -2.16. The molecule has 1 heterocycles. The molecule has 0 aromatic rings. The molecule has 0 radical (unpaired) electrons. The van der Waals surface area contributed by atoms with E-state index in [0.717, 1.165) is 0 Å². The maximum Gasteiger partial charge on any atom is 0.326 e. The molecule has 5 N–H and O–H groups in total. The Balaban J connectivity index is 2.76. The Morgan fingerprint density at radius 2 is 1.88 bits per heavy atom. The van der Waals surface area contributed by atoms with Crippen LogP contribution in [0.5, 0.6) is 0 Å². The van der Waals surface area contributed by atoms with E-state index < -0.39 is 42.4 Å². The zero-order chi connectivity index (χ0) is 18.4. The predicted octanol–water partition coefficient (Wildman–Crippen LogP) is -0.605. The summed E-state index contributed by atoms with van der Waals surface area (Å²) >= 11 is 0. The van der Waals surface area contributed by atoms with Crippen molar-refractivity contribution in [1.82, 2.24) is 10.2 Å². The standard InChI is InChI=1S/C15H25N3O6/c1-8(2)6-9(16)14(22)18-5-3-4-11(18)13(21)17-10(15(23)24)7-12(19)20/h8-11H,3-7,16H2,1-2H3,(H,17,21)(H,19,20)(H,23,24). The highest BCUT2D eigenvalue weighted by Gasteiger charge is 2.37. The first-order chi connectivity index (χ1) is 11.1. The van der Waals surface area contributed by atoms with E-state index in [-0.39, 0.29) is 11.8 Å². The molecule has 0 saturated carbocycles. The highest BCUT2D eigenvalue weighted by Crippen LogP contribution is 2.20. The van der Waals surface area contributed by atoms with Crippen LogP contribution in [-0.2, 0) is 19.2 Å². The van der Waals surface area contributed by atoms with Gasteiger partial charge in [-0.15, -0.1) is 0 Å². The maximum atomic E-state index is 12.4. The van der Waals surface area contributed by atoms with Gasteiger partial charge in [0.05, 0.1) is 12.5 Å². The van der Waals surface area contributed by atoms with Gasteiger partial charge in [-0.2, -0.15) is 0 Å². The predicted molar refractivity (Wildman–Crippen MR) is 84.0 cm³/mol. The van der Waals surface area contributed by atoms with Crippen molar-refractivity contribution >= 4 is 23.8 Å². The first-order valence-electron chi connectivity index (χ1n) is 7.94. The number of carbonyl (C=O) groups is 4. The van der Waals surface area contributed by atoms with Gasteiger partial charge >= 0.3 is 11.9 Å². The number of nitrogens with two attached hydrogens (primary N) is 1. The van der Waals surface area contributed by atoms with Crippen molar-refractivity contribution in [1.29, 1.82) is 0 Å². The number of rotatable bonds is 8. The van der Waals surface area contributed by atoms with Gasteiger partial charge < -0.3 is 26.2 Å². The van der Waals surface area contributed by atoms with E-state index in [4.69, 9.17) is 15.9 Å². The molecular formula is C15H25N3O6. The number of carboxylic acid groups (broad SMARTS) is 2. The SMILES string of the molecule is CC(C)CC(N)C(=O)N1CCCC1C(=O)NC(CC(=O)O)C(=O)O. The van der Waals surface area contributed by atoms with Crippen LogP contribution in [0.1, 0.15) is 39.5 Å². The summed E-state index contributed by atoms with van der Waals surface area (Å²) in [5.41, 5.74) is 5.88. The molecule has 2 amide bonds. The van der Waals surface area contributed by atoms with Crippen molar-refractivity contribution in [2.75, 3.05) is 6.54 Å². The molecule has 1 aliphatic rings. The van der Waals surface area contributed by atoms with E-state index in [1.807, 2.05) is 13.8 Å². The lowest BCUT2D eigenvalue weighted by Gasteiger charge is -2.28. The Morgan fingerprint density at radius 3 is 2.38 bits per heavy atom. The topological polar surface area (TPSA) is 150 Å². The molecule has 1 rings (SSSR count). The molecule has 9 nitrogen and oxygen atoms in total. The van der Waals surface area contributed by atoms with Crippen LogP contribution in [-0.4, -0.2) is 63.5 Å². The van der Waals surface area contributed by atoms with Crippen LogP contribution in [0.3, 0.4) is 0 Å². The van der Waals surface area contributed by atoms with E-state index in [1.54, 1.807) is 0 Å². The fourth-order valence-corrected chi connectivity index (χ4v) is 2.77. The number of carboxylic acids is 2. The summed E-state index contributed by atoms with van der Waals surface area (Å²) in [6.07, 6.45) is 0.759. The van der Waals surface area contributed by atoms with Gasteiger partial charge in [-0.3, -0.25) is 14.4 Å². The van der Waals surface area contributed by atoms with Crippen molar-refractivity contribution in [2.24, 2.45) is 11.7 Å². The minimum Gasteiger partial charge on any atom is -0.481 e. The van der Waals surface area contributed by atoms with Gasteiger partial charge in [0.15, 0.2) is 0 Å². The smallest absolute Gasteiger partial charge is 0.326 e. The summed E-state index contributed by atoms with van der Waals surface area (Å²) in [6, 6.07) is -3.06. The second-order valence-corrected chi connectivity index (χ2v) is 6.42. The number of amides is 2. The summed E-state index contributed by atoms with van der Waals surface area (Å²) in [6.45, 7) is 4.24. The number of aliphatic carboxylic acids is 2. The molecule has 1 saturated heterocycles. The molecule has 0 aliphatic carbocycles. The van der Waals surface area contributed by atoms with Crippen LogP contribution in [0.2, 0.25) is 0 Å². The number of hydrogen-bond acceptors (Lipinski definition) is 5. The van der Waals surface area contributed by atoms with Crippen LogP contribution in [0.15, 0.2) is 0 Å². The van der Waals surface area contributed by atoms with Gasteiger partial charge in [0, 0.05) is 6.54 Å². The molecule has 1 aliphatic heterocycles. The summed E-state index contributed by atoms with van der Waals surface area (Å²) < 4.78 is 0. The lowest BCUT2D eigenvalue weighted by atomic mass is 10.0. The molecule has 0 aromatic carbocycles. The number of hydrogen-bond donors (Lipinski definition) is 4. The highest BCUT2D eigenvalue weighted by molar-refractivity contribution is 5.93. The number of likely N-dealkylation sites (tertiary alicyclic amines) is 1. The van der Waals surface area contributed by atoms with Gasteiger partial charge in [-0.1, -0.05) is 13.8 Å². The summed E-state index contributed by atoms with van der Waals surface area (Å²) in [4.78, 5) is 47.8. The quantitative estimate of drug-likeness (QED) is 0.459. The van der Waals surface area contributed by atoms with Crippen LogP contribution < -0.4 is 11.1 Å². The molecule has 1 fully saturated rings. The third kappa shape index (κ3) is 5.48. The average Bonchev–Trinajstić information content (AvgIpc) is 2.93. The van der Waals surface area contributed by atoms with Crippen molar-refractivity contribution in [3.05, 3.63) is 0 Å². The Bertz CT molecular complexity index is 507. The molecule has 9 heteroatoms. The van der Waals surface area contributed by atoms with E-state index in [0.29, 0.717) is 25.8 Å². The summed E-state index contributed by atoms with van der Waals surface area (Å²) in [5, 5.41) is 19.9. The third-order valence-electron chi connectivity index (χ3n) is 3.87. The molecular weight excluding hydrogens is 318 g/mol. The zero-order valence-electron chi connectivity index (χ0n) is 13.9. The van der Waals surface area contributed by atoms with Crippen molar-refractivity contribution in [3.8, 4) is 0 Å². The Morgan fingerprint density at radius 1 is 1.25 bits per heavy atom. The maximum absolute atomic E-state index is 12.4. The Labute approximate surface area is 140 Å². The highest BCUT2D eigenvalue weighted by atomic mass is 16.4. The molecule has 0 aromatic heterocycles.